The fourth-order valence-corrected chi connectivity index (χ4v) is 6.84. The first-order valence-corrected chi connectivity index (χ1v) is 15.6. The molecule has 8 nitrogen and oxygen atoms in total. The number of nitrogens with one attached hydrogen (secondary N) is 1. The van der Waals surface area contributed by atoms with Gasteiger partial charge in [-0.3, -0.25) is 19.0 Å². The Labute approximate surface area is 210 Å². The van der Waals surface area contributed by atoms with Gasteiger partial charge in [-0.15, -0.1) is 11.3 Å². The van der Waals surface area contributed by atoms with Crippen molar-refractivity contribution >= 4 is 36.2 Å². The van der Waals surface area contributed by atoms with Crippen LogP contribution in [0.25, 0.3) is 4.83 Å². The Morgan fingerprint density at radius 1 is 1.31 bits per heavy atom. The van der Waals surface area contributed by atoms with Crippen LogP contribution in [0.2, 0.25) is 18.1 Å². The van der Waals surface area contributed by atoms with Gasteiger partial charge < -0.3 is 14.8 Å². The molecule has 4 rings (SSSR count). The molecule has 0 spiro atoms. The van der Waals surface area contributed by atoms with Crippen LogP contribution in [-0.4, -0.2) is 51.6 Å². The fraction of sp³-hybridized carbons (Fsp3) is 0.520. The molecule has 35 heavy (non-hydrogen) atoms. The van der Waals surface area contributed by atoms with Gasteiger partial charge in [0.15, 0.2) is 14.1 Å². The summed E-state index contributed by atoms with van der Waals surface area (Å²) < 4.78 is 8.25. The number of carbonyl (C=O) groups excluding carboxylic acids is 2. The lowest BCUT2D eigenvalue weighted by Gasteiger charge is -2.46. The van der Waals surface area contributed by atoms with Gasteiger partial charge >= 0.3 is 0 Å². The molecule has 1 amide bonds. The van der Waals surface area contributed by atoms with Gasteiger partial charge in [-0.25, -0.2) is 4.98 Å². The standard InChI is InChI=1S/C25H34N4O4SSi/c1-14(19-18(23(32)28-19)15(2)33-35(6,7)25(3,4)5)21(30)17-12-29-13-27-20(24(29)34-17)22(31)16-9-8-10-26-11-16/h8-15,18-19,22,31H,1-7H3,(H,28,32)/t14-,15?,18-,19-,22?/m1/s1. The molecule has 0 aliphatic carbocycles. The van der Waals surface area contributed by atoms with Crippen molar-refractivity contribution in [2.75, 3.05) is 0 Å². The van der Waals surface area contributed by atoms with E-state index in [2.05, 4.69) is 49.1 Å². The predicted octanol–water partition coefficient (Wildman–Crippen LogP) is 4.22. The van der Waals surface area contributed by atoms with Gasteiger partial charge in [-0.1, -0.05) is 33.8 Å². The lowest BCUT2D eigenvalue weighted by atomic mass is 9.77. The van der Waals surface area contributed by atoms with Crippen LogP contribution in [0.4, 0.5) is 0 Å². The highest BCUT2D eigenvalue weighted by atomic mass is 32.1. The summed E-state index contributed by atoms with van der Waals surface area (Å²) in [6, 6.07) is 3.27. The van der Waals surface area contributed by atoms with Crippen molar-refractivity contribution in [2.45, 2.75) is 71.0 Å². The van der Waals surface area contributed by atoms with Gasteiger partial charge in [0, 0.05) is 30.1 Å². The number of amides is 1. The highest BCUT2D eigenvalue weighted by molar-refractivity contribution is 7.19. The monoisotopic (exact) mass is 514 g/mol. The Balaban J connectivity index is 1.52. The van der Waals surface area contributed by atoms with Crippen LogP contribution in [0.3, 0.4) is 0 Å². The summed E-state index contributed by atoms with van der Waals surface area (Å²) in [6.45, 7) is 14.7. The topological polar surface area (TPSA) is 106 Å². The van der Waals surface area contributed by atoms with E-state index in [-0.39, 0.29) is 34.8 Å². The average molecular weight is 515 g/mol. The zero-order valence-electron chi connectivity index (χ0n) is 21.3. The van der Waals surface area contributed by atoms with Gasteiger partial charge in [-0.05, 0) is 31.1 Å². The highest BCUT2D eigenvalue weighted by Crippen LogP contribution is 2.40. The number of nitrogens with zero attached hydrogens (tertiary/aromatic N) is 3. The maximum Gasteiger partial charge on any atom is 0.228 e. The molecule has 3 aromatic heterocycles. The molecular weight excluding hydrogens is 480 g/mol. The first kappa shape index (κ1) is 25.7. The van der Waals surface area contributed by atoms with Crippen LogP contribution in [0.15, 0.2) is 37.1 Å². The molecule has 3 aromatic rings. The smallest absolute Gasteiger partial charge is 0.228 e. The van der Waals surface area contributed by atoms with Crippen LogP contribution in [0.1, 0.15) is 61.7 Å². The third-order valence-electron chi connectivity index (χ3n) is 7.48. The number of rotatable bonds is 8. The quantitative estimate of drug-likeness (QED) is 0.265. The molecule has 0 bridgehead atoms. The van der Waals surface area contributed by atoms with E-state index >= 15 is 0 Å². The molecule has 0 saturated carbocycles. The third kappa shape index (κ3) is 4.72. The van der Waals surface area contributed by atoms with E-state index in [0.29, 0.717) is 21.0 Å². The number of β-lactam (4-membered cyclic amide) rings is 1. The Bertz CT molecular complexity index is 1230. The van der Waals surface area contributed by atoms with Crippen molar-refractivity contribution in [1.29, 1.82) is 0 Å². The summed E-state index contributed by atoms with van der Waals surface area (Å²) in [5.41, 5.74) is 1.12. The SMILES string of the molecule is CC(O[Si](C)(C)C(C)(C)C)[C@H]1C(=O)N[C@@H]1[C@@H](C)C(=O)c1cn2cnc(C(O)c3cccnc3)c2s1. The first-order valence-electron chi connectivity index (χ1n) is 11.9. The van der Waals surface area contributed by atoms with E-state index in [1.807, 2.05) is 13.8 Å². The van der Waals surface area contributed by atoms with Crippen LogP contribution in [0.5, 0.6) is 0 Å². The van der Waals surface area contributed by atoms with Crippen LogP contribution < -0.4 is 5.32 Å². The molecular formula is C25H34N4O4SSi. The maximum atomic E-state index is 13.4. The lowest BCUT2D eigenvalue weighted by Crippen LogP contribution is -2.66. The summed E-state index contributed by atoms with van der Waals surface area (Å²) in [5, 5.41) is 13.8. The van der Waals surface area contributed by atoms with Crippen molar-refractivity contribution in [1.82, 2.24) is 19.7 Å². The minimum atomic E-state index is -2.06. The molecule has 10 heteroatoms. The Kier molecular flexibility index (Phi) is 6.78. The molecule has 1 saturated heterocycles. The van der Waals surface area contributed by atoms with E-state index in [0.717, 1.165) is 0 Å². The van der Waals surface area contributed by atoms with Crippen molar-refractivity contribution in [3.63, 3.8) is 0 Å². The Morgan fingerprint density at radius 3 is 2.63 bits per heavy atom. The Hall–Kier alpha value is -2.40. The molecule has 0 aromatic carbocycles. The van der Waals surface area contributed by atoms with Crippen molar-refractivity contribution in [2.24, 2.45) is 11.8 Å². The molecule has 1 aliphatic heterocycles. The number of imidazole rings is 1. The molecule has 4 heterocycles. The molecule has 188 valence electrons. The van der Waals surface area contributed by atoms with Crippen molar-refractivity contribution < 1.29 is 19.1 Å². The number of pyridine rings is 1. The van der Waals surface area contributed by atoms with E-state index in [4.69, 9.17) is 4.43 Å². The maximum absolute atomic E-state index is 13.4. The number of aliphatic hydroxyl groups is 1. The second kappa shape index (κ2) is 9.23. The largest absolute Gasteiger partial charge is 0.413 e. The van der Waals surface area contributed by atoms with E-state index in [9.17, 15) is 14.7 Å². The second-order valence-corrected chi connectivity index (χ2v) is 16.7. The second-order valence-electron chi connectivity index (χ2n) is 10.9. The number of hydrogen-bond acceptors (Lipinski definition) is 7. The number of fused-ring (bicyclic) bond motifs is 1. The summed E-state index contributed by atoms with van der Waals surface area (Å²) in [4.78, 5) is 35.6. The summed E-state index contributed by atoms with van der Waals surface area (Å²) in [5.74, 6) is -0.883. The minimum Gasteiger partial charge on any atom is -0.413 e. The van der Waals surface area contributed by atoms with Gasteiger partial charge in [0.2, 0.25) is 5.91 Å². The van der Waals surface area contributed by atoms with Gasteiger partial charge in [-0.2, -0.15) is 0 Å². The number of aromatic nitrogens is 3. The van der Waals surface area contributed by atoms with Gasteiger partial charge in [0.05, 0.1) is 22.9 Å². The zero-order valence-corrected chi connectivity index (χ0v) is 23.1. The summed E-state index contributed by atoms with van der Waals surface area (Å²) in [7, 11) is -2.06. The number of aliphatic hydroxyl groups excluding tert-OH is 1. The normalized spacial score (nSPS) is 21.3. The molecule has 2 N–H and O–H groups in total. The van der Waals surface area contributed by atoms with Crippen LogP contribution in [-0.2, 0) is 9.22 Å². The number of ketones is 1. The van der Waals surface area contributed by atoms with E-state index < -0.39 is 20.3 Å². The van der Waals surface area contributed by atoms with E-state index in [1.54, 1.807) is 41.5 Å². The zero-order chi connectivity index (χ0) is 25.7. The summed E-state index contributed by atoms with van der Waals surface area (Å²) in [6.07, 6.45) is 5.39. The van der Waals surface area contributed by atoms with E-state index in [1.165, 1.54) is 11.3 Å². The number of carbonyl (C=O) groups is 2. The van der Waals surface area contributed by atoms with Crippen LogP contribution in [0, 0.1) is 11.8 Å². The number of thiazole rings is 1. The van der Waals surface area contributed by atoms with Crippen molar-refractivity contribution in [3.8, 4) is 0 Å². The molecule has 1 fully saturated rings. The highest BCUT2D eigenvalue weighted by Gasteiger charge is 2.50. The van der Waals surface area contributed by atoms with Gasteiger partial charge in [0.25, 0.3) is 0 Å². The number of Topliss-reactive ketones (excluding diaryl/α,β-unsaturated/α-hetero) is 1. The van der Waals surface area contributed by atoms with Crippen molar-refractivity contribution in [3.05, 3.63) is 53.2 Å². The number of hydrogen-bond donors (Lipinski definition) is 2. The van der Waals surface area contributed by atoms with Gasteiger partial charge in [0.1, 0.15) is 23.0 Å². The predicted molar refractivity (Wildman–Crippen MR) is 138 cm³/mol. The van der Waals surface area contributed by atoms with Crippen LogP contribution >= 0.6 is 11.3 Å². The molecule has 5 atom stereocenters. The fourth-order valence-electron chi connectivity index (χ4n) is 4.28. The minimum absolute atomic E-state index is 0.0311. The lowest BCUT2D eigenvalue weighted by molar-refractivity contribution is -0.141. The molecule has 0 radical (unpaired) electrons. The third-order valence-corrected chi connectivity index (χ3v) is 13.2. The first-order chi connectivity index (χ1) is 16.3. The average Bonchev–Trinajstić information content (AvgIpc) is 3.36. The molecule has 2 unspecified atom stereocenters. The summed E-state index contributed by atoms with van der Waals surface area (Å²) >= 11 is 1.30. The molecule has 1 aliphatic rings. The Morgan fingerprint density at radius 2 is 2.03 bits per heavy atom.